The molecule has 1 atom stereocenters. The van der Waals surface area contributed by atoms with Gasteiger partial charge in [-0.15, -0.1) is 0 Å². The summed E-state index contributed by atoms with van der Waals surface area (Å²) in [6.07, 6.45) is 7.37. The lowest BCUT2D eigenvalue weighted by molar-refractivity contribution is -0.126. The van der Waals surface area contributed by atoms with Crippen LogP contribution < -0.4 is 10.6 Å². The van der Waals surface area contributed by atoms with Gasteiger partial charge in [-0.3, -0.25) is 9.59 Å². The standard InChI is InChI=1S/C13H14N6O2/c20-11-3-2-9(6-14-11)12(21)18-10-7-15-13(16-8-10)19-5-1-4-17-19/h1,4-5,7-9H,2-3,6H2,(H,14,20)(H,18,21). The molecule has 3 rings (SSSR count). The van der Waals surface area contributed by atoms with E-state index in [2.05, 4.69) is 25.7 Å². The molecule has 0 radical (unpaired) electrons. The summed E-state index contributed by atoms with van der Waals surface area (Å²) >= 11 is 0. The average Bonchev–Trinajstić information content (AvgIpc) is 3.03. The number of carbonyl (C=O) groups is 2. The van der Waals surface area contributed by atoms with Crippen molar-refractivity contribution in [3.05, 3.63) is 30.9 Å². The molecule has 1 aliphatic rings. The molecule has 1 fully saturated rings. The smallest absolute Gasteiger partial charge is 0.250 e. The molecular weight excluding hydrogens is 272 g/mol. The van der Waals surface area contributed by atoms with Crippen LogP contribution >= 0.6 is 0 Å². The van der Waals surface area contributed by atoms with E-state index in [-0.39, 0.29) is 17.7 Å². The Morgan fingerprint density at radius 1 is 1.38 bits per heavy atom. The van der Waals surface area contributed by atoms with Gasteiger partial charge in [0.25, 0.3) is 5.95 Å². The molecular formula is C13H14N6O2. The fourth-order valence-corrected chi connectivity index (χ4v) is 2.09. The number of nitrogens with zero attached hydrogens (tertiary/aromatic N) is 4. The van der Waals surface area contributed by atoms with E-state index in [4.69, 9.17) is 0 Å². The first-order chi connectivity index (χ1) is 10.2. The van der Waals surface area contributed by atoms with Crippen molar-refractivity contribution in [1.82, 2.24) is 25.1 Å². The predicted octanol–water partition coefficient (Wildman–Crippen LogP) is 0.127. The lowest BCUT2D eigenvalue weighted by Crippen LogP contribution is -2.40. The topological polar surface area (TPSA) is 102 Å². The molecule has 1 aliphatic heterocycles. The molecule has 3 heterocycles. The lowest BCUT2D eigenvalue weighted by Gasteiger charge is -2.21. The van der Waals surface area contributed by atoms with E-state index in [0.717, 1.165) is 0 Å². The Morgan fingerprint density at radius 3 is 2.81 bits per heavy atom. The molecule has 0 bridgehead atoms. The summed E-state index contributed by atoms with van der Waals surface area (Å²) in [7, 11) is 0. The SMILES string of the molecule is O=C1CCC(C(=O)Nc2cnc(-n3cccn3)nc2)CN1. The first-order valence-corrected chi connectivity index (χ1v) is 6.62. The van der Waals surface area contributed by atoms with Gasteiger partial charge in [0.15, 0.2) is 0 Å². The monoisotopic (exact) mass is 286 g/mol. The van der Waals surface area contributed by atoms with Crippen molar-refractivity contribution >= 4 is 17.5 Å². The molecule has 2 N–H and O–H groups in total. The maximum atomic E-state index is 12.1. The molecule has 2 aromatic heterocycles. The van der Waals surface area contributed by atoms with Crippen LogP contribution in [0, 0.1) is 5.92 Å². The molecule has 8 nitrogen and oxygen atoms in total. The molecule has 0 aliphatic carbocycles. The average molecular weight is 286 g/mol. The van der Waals surface area contributed by atoms with Crippen LogP contribution in [0.3, 0.4) is 0 Å². The number of hydrogen-bond acceptors (Lipinski definition) is 5. The van der Waals surface area contributed by atoms with Crippen LogP contribution in [0.15, 0.2) is 30.9 Å². The molecule has 0 spiro atoms. The normalized spacial score (nSPS) is 18.1. The second-order valence-electron chi connectivity index (χ2n) is 4.75. The van der Waals surface area contributed by atoms with Crippen LogP contribution in [0.5, 0.6) is 0 Å². The van der Waals surface area contributed by atoms with E-state index in [0.29, 0.717) is 31.0 Å². The zero-order chi connectivity index (χ0) is 14.7. The largest absolute Gasteiger partial charge is 0.355 e. The van der Waals surface area contributed by atoms with Gasteiger partial charge in [0.05, 0.1) is 24.0 Å². The van der Waals surface area contributed by atoms with E-state index in [1.165, 1.54) is 17.1 Å². The van der Waals surface area contributed by atoms with Crippen molar-refractivity contribution in [1.29, 1.82) is 0 Å². The molecule has 1 saturated heterocycles. The van der Waals surface area contributed by atoms with Crippen molar-refractivity contribution in [3.63, 3.8) is 0 Å². The Balaban J connectivity index is 1.62. The summed E-state index contributed by atoms with van der Waals surface area (Å²) in [5.41, 5.74) is 0.521. The van der Waals surface area contributed by atoms with E-state index in [9.17, 15) is 9.59 Å². The fraction of sp³-hybridized carbons (Fsp3) is 0.308. The number of nitrogens with one attached hydrogen (secondary N) is 2. The van der Waals surface area contributed by atoms with E-state index < -0.39 is 0 Å². The molecule has 2 aromatic rings. The molecule has 8 heteroatoms. The van der Waals surface area contributed by atoms with Crippen LogP contribution in [0.2, 0.25) is 0 Å². The van der Waals surface area contributed by atoms with Crippen molar-refractivity contribution < 1.29 is 9.59 Å². The van der Waals surface area contributed by atoms with Gasteiger partial charge in [-0.2, -0.15) is 5.10 Å². The van der Waals surface area contributed by atoms with Crippen molar-refractivity contribution in [3.8, 4) is 5.95 Å². The minimum absolute atomic E-state index is 0.00837. The number of piperidine rings is 1. The summed E-state index contributed by atoms with van der Waals surface area (Å²) in [4.78, 5) is 31.4. The minimum Gasteiger partial charge on any atom is -0.355 e. The first-order valence-electron chi connectivity index (χ1n) is 6.62. The Hall–Kier alpha value is -2.77. The van der Waals surface area contributed by atoms with Crippen molar-refractivity contribution in [2.45, 2.75) is 12.8 Å². The summed E-state index contributed by atoms with van der Waals surface area (Å²) < 4.78 is 1.53. The zero-order valence-corrected chi connectivity index (χ0v) is 11.2. The molecule has 0 aromatic carbocycles. The Morgan fingerprint density at radius 2 is 2.19 bits per heavy atom. The first kappa shape index (κ1) is 13.2. The highest BCUT2D eigenvalue weighted by Gasteiger charge is 2.24. The van der Waals surface area contributed by atoms with Crippen LogP contribution in [0.25, 0.3) is 5.95 Å². The minimum atomic E-state index is -0.214. The summed E-state index contributed by atoms with van der Waals surface area (Å²) in [5, 5.41) is 9.46. The van der Waals surface area contributed by atoms with Gasteiger partial charge in [-0.05, 0) is 12.5 Å². The highest BCUT2D eigenvalue weighted by atomic mass is 16.2. The zero-order valence-electron chi connectivity index (χ0n) is 11.2. The van der Waals surface area contributed by atoms with Crippen molar-refractivity contribution in [2.24, 2.45) is 5.92 Å². The maximum Gasteiger partial charge on any atom is 0.250 e. The Kier molecular flexibility index (Phi) is 3.59. The Bertz CT molecular complexity index is 627. The number of anilines is 1. The fourth-order valence-electron chi connectivity index (χ4n) is 2.09. The number of amides is 2. The molecule has 0 saturated carbocycles. The molecule has 108 valence electrons. The second-order valence-corrected chi connectivity index (χ2v) is 4.75. The lowest BCUT2D eigenvalue weighted by atomic mass is 9.98. The molecule has 2 amide bonds. The second kappa shape index (κ2) is 5.70. The third-order valence-electron chi connectivity index (χ3n) is 3.25. The highest BCUT2D eigenvalue weighted by molar-refractivity contribution is 5.93. The van der Waals surface area contributed by atoms with Crippen molar-refractivity contribution in [2.75, 3.05) is 11.9 Å². The van der Waals surface area contributed by atoms with Gasteiger partial charge < -0.3 is 10.6 Å². The van der Waals surface area contributed by atoms with Gasteiger partial charge in [0.1, 0.15) is 0 Å². The highest BCUT2D eigenvalue weighted by Crippen LogP contribution is 2.14. The summed E-state index contributed by atoms with van der Waals surface area (Å²) in [6, 6.07) is 1.77. The summed E-state index contributed by atoms with van der Waals surface area (Å²) in [6.45, 7) is 0.372. The third-order valence-corrected chi connectivity index (χ3v) is 3.25. The van der Waals surface area contributed by atoms with Gasteiger partial charge in [-0.1, -0.05) is 0 Å². The van der Waals surface area contributed by atoms with Crippen LogP contribution in [-0.2, 0) is 9.59 Å². The number of hydrogen-bond donors (Lipinski definition) is 2. The maximum absolute atomic E-state index is 12.1. The molecule has 21 heavy (non-hydrogen) atoms. The van der Waals surface area contributed by atoms with Crippen LogP contribution in [-0.4, -0.2) is 38.1 Å². The quantitative estimate of drug-likeness (QED) is 0.835. The van der Waals surface area contributed by atoms with Crippen LogP contribution in [0.4, 0.5) is 5.69 Å². The predicted molar refractivity (Wildman–Crippen MR) is 73.5 cm³/mol. The number of rotatable bonds is 3. The third kappa shape index (κ3) is 3.04. The van der Waals surface area contributed by atoms with E-state index >= 15 is 0 Å². The Labute approximate surface area is 120 Å². The number of aromatic nitrogens is 4. The van der Waals surface area contributed by atoms with Gasteiger partial charge >= 0.3 is 0 Å². The van der Waals surface area contributed by atoms with E-state index in [1.54, 1.807) is 18.5 Å². The number of carbonyl (C=O) groups excluding carboxylic acids is 2. The van der Waals surface area contributed by atoms with E-state index in [1.807, 2.05) is 0 Å². The van der Waals surface area contributed by atoms with Gasteiger partial charge in [-0.25, -0.2) is 14.6 Å². The molecule has 1 unspecified atom stereocenters. The van der Waals surface area contributed by atoms with Gasteiger partial charge in [0.2, 0.25) is 11.8 Å². The van der Waals surface area contributed by atoms with Gasteiger partial charge in [0, 0.05) is 25.4 Å². The summed E-state index contributed by atoms with van der Waals surface area (Å²) in [5.74, 6) is 0.0767. The van der Waals surface area contributed by atoms with Crippen LogP contribution in [0.1, 0.15) is 12.8 Å².